The van der Waals surface area contributed by atoms with Crippen molar-refractivity contribution in [3.05, 3.63) is 182 Å². The van der Waals surface area contributed by atoms with E-state index in [4.69, 9.17) is 19.4 Å². The molecule has 0 fully saturated rings. The van der Waals surface area contributed by atoms with Crippen LogP contribution in [-0.4, -0.2) is 19.5 Å². The molecule has 4 heterocycles. The van der Waals surface area contributed by atoms with Crippen LogP contribution in [-0.2, 0) is 0 Å². The van der Waals surface area contributed by atoms with Crippen molar-refractivity contribution in [3.63, 3.8) is 0 Å². The van der Waals surface area contributed by atoms with Crippen molar-refractivity contribution in [2.75, 3.05) is 0 Å². The molecule has 8 aromatic carbocycles. The average Bonchev–Trinajstić information content (AvgIpc) is 3.96. The number of nitrogens with zero attached hydrogens (tertiary/aromatic N) is 4. The highest BCUT2D eigenvalue weighted by molar-refractivity contribution is 7.26. The molecule has 0 aliphatic carbocycles. The highest BCUT2D eigenvalue weighted by atomic mass is 32.1. The van der Waals surface area contributed by atoms with Crippen molar-refractivity contribution in [1.29, 1.82) is 0 Å². The summed E-state index contributed by atoms with van der Waals surface area (Å²) in [5.41, 5.74) is 10.2. The van der Waals surface area contributed by atoms with Gasteiger partial charge in [-0.1, -0.05) is 127 Å². The van der Waals surface area contributed by atoms with Crippen LogP contribution in [0.25, 0.3) is 115 Å². The molecule has 57 heavy (non-hydrogen) atoms. The van der Waals surface area contributed by atoms with Gasteiger partial charge in [0.05, 0.1) is 11.0 Å². The summed E-state index contributed by atoms with van der Waals surface area (Å²) in [7, 11) is 0. The summed E-state index contributed by atoms with van der Waals surface area (Å²) in [6.45, 7) is 0. The summed E-state index contributed by atoms with van der Waals surface area (Å²) in [5, 5.41) is 7.35. The van der Waals surface area contributed by atoms with E-state index in [-0.39, 0.29) is 0 Å². The molecule has 5 nitrogen and oxygen atoms in total. The van der Waals surface area contributed by atoms with Crippen molar-refractivity contribution in [2.24, 2.45) is 0 Å². The van der Waals surface area contributed by atoms with E-state index < -0.39 is 0 Å². The Morgan fingerprint density at radius 3 is 1.75 bits per heavy atom. The Balaban J connectivity index is 0.924. The number of rotatable bonds is 5. The second kappa shape index (κ2) is 12.6. The molecule has 0 amide bonds. The molecule has 0 aliphatic heterocycles. The van der Waals surface area contributed by atoms with Crippen LogP contribution in [0.15, 0.2) is 186 Å². The fourth-order valence-electron chi connectivity index (χ4n) is 8.35. The highest BCUT2D eigenvalue weighted by Crippen LogP contribution is 2.43. The largest absolute Gasteiger partial charge is 0.456 e. The van der Waals surface area contributed by atoms with Gasteiger partial charge in [0.2, 0.25) is 0 Å². The number of para-hydroxylation sites is 1. The van der Waals surface area contributed by atoms with Gasteiger partial charge in [-0.2, -0.15) is 0 Å². The number of thiophene rings is 1. The molecule has 0 aliphatic rings. The third-order valence-electron chi connectivity index (χ3n) is 11.1. The minimum Gasteiger partial charge on any atom is -0.456 e. The Morgan fingerprint density at radius 2 is 1.00 bits per heavy atom. The zero-order valence-corrected chi connectivity index (χ0v) is 31.2. The van der Waals surface area contributed by atoms with Gasteiger partial charge < -0.3 is 8.98 Å². The monoisotopic (exact) mass is 746 g/mol. The predicted octanol–water partition coefficient (Wildman–Crippen LogP) is 13.9. The first-order chi connectivity index (χ1) is 28.2. The van der Waals surface area contributed by atoms with E-state index in [0.717, 1.165) is 55.4 Å². The summed E-state index contributed by atoms with van der Waals surface area (Å²) < 4.78 is 11.5. The lowest BCUT2D eigenvalue weighted by Crippen LogP contribution is -2.00. The third-order valence-corrected chi connectivity index (χ3v) is 12.3. The first-order valence-corrected chi connectivity index (χ1v) is 19.8. The lowest BCUT2D eigenvalue weighted by molar-refractivity contribution is 0.669. The fraction of sp³-hybridized carbons (Fsp3) is 0. The van der Waals surface area contributed by atoms with Crippen molar-refractivity contribution in [2.45, 2.75) is 0 Å². The average molecular weight is 747 g/mol. The van der Waals surface area contributed by atoms with Crippen LogP contribution in [0.1, 0.15) is 0 Å². The van der Waals surface area contributed by atoms with Gasteiger partial charge in [0.15, 0.2) is 17.5 Å². The molecule has 0 spiro atoms. The van der Waals surface area contributed by atoms with E-state index in [2.05, 4.69) is 120 Å². The van der Waals surface area contributed by atoms with Gasteiger partial charge in [-0.05, 0) is 65.7 Å². The molecule has 0 bridgehead atoms. The van der Waals surface area contributed by atoms with Crippen LogP contribution in [0.2, 0.25) is 0 Å². The standard InChI is InChI=1S/C51H30N4OS/c1-3-11-32(12-4-1)49-52-50(33-13-5-2-6-14-33)54-51(53-49)35-21-25-37-41-29-34(22-28-44(41)56-45(37)30-35)31-19-23-36(24-20-31)55-42-17-9-7-16-40(42)47-43(55)27-26-39-38-15-8-10-18-46(38)57-48(39)47/h1-30H. The Kier molecular flexibility index (Phi) is 7.03. The van der Waals surface area contributed by atoms with Gasteiger partial charge in [0, 0.05) is 64.1 Å². The summed E-state index contributed by atoms with van der Waals surface area (Å²) >= 11 is 1.89. The maximum Gasteiger partial charge on any atom is 0.164 e. The van der Waals surface area contributed by atoms with E-state index >= 15 is 0 Å². The van der Waals surface area contributed by atoms with Gasteiger partial charge in [-0.25, -0.2) is 15.0 Å². The van der Waals surface area contributed by atoms with Crippen LogP contribution in [0.3, 0.4) is 0 Å². The van der Waals surface area contributed by atoms with E-state index in [1.165, 1.54) is 42.0 Å². The van der Waals surface area contributed by atoms with E-state index in [1.54, 1.807) is 0 Å². The lowest BCUT2D eigenvalue weighted by atomic mass is 10.0. The highest BCUT2D eigenvalue weighted by Gasteiger charge is 2.18. The van der Waals surface area contributed by atoms with Gasteiger partial charge in [-0.3, -0.25) is 0 Å². The van der Waals surface area contributed by atoms with E-state index in [9.17, 15) is 0 Å². The molecule has 12 aromatic rings. The van der Waals surface area contributed by atoms with Crippen LogP contribution in [0, 0.1) is 0 Å². The summed E-state index contributed by atoms with van der Waals surface area (Å²) in [4.78, 5) is 14.7. The van der Waals surface area contributed by atoms with E-state index in [1.807, 2.05) is 78.1 Å². The van der Waals surface area contributed by atoms with Gasteiger partial charge in [-0.15, -0.1) is 11.3 Å². The third kappa shape index (κ3) is 5.12. The smallest absolute Gasteiger partial charge is 0.164 e. The normalized spacial score (nSPS) is 11.9. The molecule has 4 aromatic heterocycles. The first-order valence-electron chi connectivity index (χ1n) is 19.0. The summed E-state index contributed by atoms with van der Waals surface area (Å²) in [6, 6.07) is 63.8. The fourth-order valence-corrected chi connectivity index (χ4v) is 9.61. The second-order valence-corrected chi connectivity index (χ2v) is 15.4. The van der Waals surface area contributed by atoms with Gasteiger partial charge in [0.25, 0.3) is 0 Å². The van der Waals surface area contributed by atoms with Crippen LogP contribution < -0.4 is 0 Å². The maximum atomic E-state index is 6.46. The molecular weight excluding hydrogens is 717 g/mol. The van der Waals surface area contributed by atoms with Crippen LogP contribution in [0.5, 0.6) is 0 Å². The number of furan rings is 1. The zero-order chi connectivity index (χ0) is 37.5. The molecule has 0 saturated carbocycles. The predicted molar refractivity (Wildman–Crippen MR) is 236 cm³/mol. The van der Waals surface area contributed by atoms with Gasteiger partial charge >= 0.3 is 0 Å². The van der Waals surface area contributed by atoms with Crippen molar-refractivity contribution in [3.8, 4) is 51.0 Å². The lowest BCUT2D eigenvalue weighted by Gasteiger charge is -2.10. The topological polar surface area (TPSA) is 56.7 Å². The quantitative estimate of drug-likeness (QED) is 0.176. The summed E-state index contributed by atoms with van der Waals surface area (Å²) in [6.07, 6.45) is 0. The summed E-state index contributed by atoms with van der Waals surface area (Å²) in [5.74, 6) is 1.86. The minimum absolute atomic E-state index is 0.599. The SMILES string of the molecule is c1ccc(-c2nc(-c3ccccc3)nc(-c3ccc4c(c3)oc3ccc(-c5ccc(-n6c7ccccc7c7c8sc9ccccc9c8ccc76)cc5)cc34)n2)cc1. The molecule has 0 unspecified atom stereocenters. The van der Waals surface area contributed by atoms with Gasteiger partial charge in [0.1, 0.15) is 11.2 Å². The minimum atomic E-state index is 0.599. The molecule has 0 atom stereocenters. The number of benzene rings is 8. The van der Waals surface area contributed by atoms with Crippen LogP contribution in [0.4, 0.5) is 0 Å². The molecule has 12 rings (SSSR count). The Morgan fingerprint density at radius 1 is 0.386 bits per heavy atom. The van der Waals surface area contributed by atoms with Crippen molar-refractivity contribution >= 4 is 75.3 Å². The Bertz CT molecular complexity index is 3450. The van der Waals surface area contributed by atoms with Crippen LogP contribution >= 0.6 is 11.3 Å². The number of hydrogen-bond donors (Lipinski definition) is 0. The number of aromatic nitrogens is 4. The molecule has 0 saturated heterocycles. The Labute approximate surface area is 330 Å². The van der Waals surface area contributed by atoms with E-state index in [0.29, 0.717) is 17.5 Å². The zero-order valence-electron chi connectivity index (χ0n) is 30.4. The second-order valence-electron chi connectivity index (χ2n) is 14.4. The maximum absolute atomic E-state index is 6.46. The molecule has 0 radical (unpaired) electrons. The van der Waals surface area contributed by atoms with Crippen molar-refractivity contribution in [1.82, 2.24) is 19.5 Å². The number of fused-ring (bicyclic) bond motifs is 10. The Hall–Kier alpha value is -7.41. The first kappa shape index (κ1) is 31.9. The molecule has 0 N–H and O–H groups in total. The van der Waals surface area contributed by atoms with Crippen molar-refractivity contribution < 1.29 is 4.42 Å². The molecular formula is C51H30N4OS. The number of hydrogen-bond acceptors (Lipinski definition) is 5. The molecule has 6 heteroatoms. The molecule has 266 valence electrons.